The van der Waals surface area contributed by atoms with Crippen LogP contribution in [0.1, 0.15) is 19.4 Å². The Labute approximate surface area is 103 Å². The minimum atomic E-state index is 0.0393. The van der Waals surface area contributed by atoms with Crippen molar-refractivity contribution in [1.82, 2.24) is 0 Å². The Morgan fingerprint density at radius 2 is 2.12 bits per heavy atom. The van der Waals surface area contributed by atoms with Crippen LogP contribution in [0.25, 0.3) is 0 Å². The van der Waals surface area contributed by atoms with Gasteiger partial charge in [-0.2, -0.15) is 5.26 Å². The minimum Gasteiger partial charge on any atom is -0.496 e. The van der Waals surface area contributed by atoms with Gasteiger partial charge in [-0.05, 0) is 36.6 Å². The number of nitrogens with zero attached hydrogens (tertiary/aromatic N) is 1. The van der Waals surface area contributed by atoms with E-state index in [-0.39, 0.29) is 5.92 Å². The number of aryl methyl sites for hydroxylation is 1. The smallest absolute Gasteiger partial charge is 0.121 e. The van der Waals surface area contributed by atoms with Gasteiger partial charge in [0.25, 0.3) is 0 Å². The van der Waals surface area contributed by atoms with Crippen LogP contribution in [0.15, 0.2) is 18.2 Å². The summed E-state index contributed by atoms with van der Waals surface area (Å²) in [5.74, 6) is 1.29. The SMILES string of the molecule is COc1ccc(NCC(C#N)C(C)C)cc1C. The number of ether oxygens (including phenoxy) is 1. The highest BCUT2D eigenvalue weighted by Gasteiger charge is 2.11. The molecule has 0 bridgehead atoms. The van der Waals surface area contributed by atoms with Crippen LogP contribution >= 0.6 is 0 Å². The van der Waals surface area contributed by atoms with Gasteiger partial charge < -0.3 is 10.1 Å². The van der Waals surface area contributed by atoms with Gasteiger partial charge in [0, 0.05) is 12.2 Å². The summed E-state index contributed by atoms with van der Waals surface area (Å²) in [5, 5.41) is 12.3. The van der Waals surface area contributed by atoms with Crippen LogP contribution in [0.4, 0.5) is 5.69 Å². The molecule has 1 N–H and O–H groups in total. The lowest BCUT2D eigenvalue weighted by molar-refractivity contribution is 0.411. The van der Waals surface area contributed by atoms with E-state index in [1.54, 1.807) is 7.11 Å². The van der Waals surface area contributed by atoms with Gasteiger partial charge in [0.1, 0.15) is 5.75 Å². The van der Waals surface area contributed by atoms with E-state index >= 15 is 0 Å². The van der Waals surface area contributed by atoms with Crippen molar-refractivity contribution in [1.29, 1.82) is 5.26 Å². The minimum absolute atomic E-state index is 0.0393. The molecule has 0 amide bonds. The summed E-state index contributed by atoms with van der Waals surface area (Å²) < 4.78 is 5.20. The normalized spacial score (nSPS) is 12.0. The summed E-state index contributed by atoms with van der Waals surface area (Å²) in [6.45, 7) is 6.82. The molecule has 1 aromatic rings. The summed E-state index contributed by atoms with van der Waals surface area (Å²) in [7, 11) is 1.67. The molecule has 0 saturated heterocycles. The first kappa shape index (κ1) is 13.4. The fraction of sp³-hybridized carbons (Fsp3) is 0.500. The number of nitriles is 1. The molecule has 1 aromatic carbocycles. The largest absolute Gasteiger partial charge is 0.496 e. The maximum absolute atomic E-state index is 9.00. The maximum atomic E-state index is 9.00. The molecule has 1 atom stereocenters. The molecule has 0 aliphatic carbocycles. The Morgan fingerprint density at radius 3 is 2.59 bits per heavy atom. The molecule has 0 radical (unpaired) electrons. The average molecular weight is 232 g/mol. The van der Waals surface area contributed by atoms with Crippen molar-refractivity contribution in [3.8, 4) is 11.8 Å². The summed E-state index contributed by atoms with van der Waals surface area (Å²) in [5.41, 5.74) is 2.12. The van der Waals surface area contributed by atoms with E-state index in [1.807, 2.05) is 25.1 Å². The number of methoxy groups -OCH3 is 1. The Kier molecular flexibility index (Phi) is 4.84. The number of anilines is 1. The molecule has 0 fully saturated rings. The van der Waals surface area contributed by atoms with Crippen molar-refractivity contribution < 1.29 is 4.74 Å². The fourth-order valence-corrected chi connectivity index (χ4v) is 1.65. The maximum Gasteiger partial charge on any atom is 0.121 e. The van der Waals surface area contributed by atoms with E-state index in [9.17, 15) is 0 Å². The number of rotatable bonds is 5. The van der Waals surface area contributed by atoms with Crippen LogP contribution in [0.2, 0.25) is 0 Å². The third kappa shape index (κ3) is 3.67. The zero-order valence-electron chi connectivity index (χ0n) is 10.9. The van der Waals surface area contributed by atoms with Gasteiger partial charge in [-0.15, -0.1) is 0 Å². The highest BCUT2D eigenvalue weighted by molar-refractivity contribution is 5.50. The standard InChI is InChI=1S/C14H20N2O/c1-10(2)12(8-15)9-16-13-5-6-14(17-4)11(3)7-13/h5-7,10,12,16H,9H2,1-4H3. The van der Waals surface area contributed by atoms with Crippen molar-refractivity contribution in [2.24, 2.45) is 11.8 Å². The molecule has 3 heteroatoms. The highest BCUT2D eigenvalue weighted by atomic mass is 16.5. The quantitative estimate of drug-likeness (QED) is 0.847. The molecule has 0 saturated carbocycles. The van der Waals surface area contributed by atoms with Crippen molar-refractivity contribution >= 4 is 5.69 Å². The number of benzene rings is 1. The zero-order chi connectivity index (χ0) is 12.8. The van der Waals surface area contributed by atoms with Crippen LogP contribution in [0.3, 0.4) is 0 Å². The van der Waals surface area contributed by atoms with Gasteiger partial charge in [0.15, 0.2) is 0 Å². The van der Waals surface area contributed by atoms with Crippen molar-refractivity contribution in [3.05, 3.63) is 23.8 Å². The summed E-state index contributed by atoms with van der Waals surface area (Å²) in [6.07, 6.45) is 0. The topological polar surface area (TPSA) is 45.0 Å². The van der Waals surface area contributed by atoms with Gasteiger partial charge in [-0.1, -0.05) is 13.8 Å². The lowest BCUT2D eigenvalue weighted by Gasteiger charge is -2.15. The van der Waals surface area contributed by atoms with Crippen LogP contribution in [-0.2, 0) is 0 Å². The van der Waals surface area contributed by atoms with Gasteiger partial charge in [-0.25, -0.2) is 0 Å². The van der Waals surface area contributed by atoms with Gasteiger partial charge in [0.05, 0.1) is 19.1 Å². The Morgan fingerprint density at radius 1 is 1.41 bits per heavy atom. The molecule has 1 rings (SSSR count). The predicted octanol–water partition coefficient (Wildman–Crippen LogP) is 3.21. The van der Waals surface area contributed by atoms with Crippen LogP contribution in [0, 0.1) is 30.1 Å². The summed E-state index contributed by atoms with van der Waals surface area (Å²) in [6, 6.07) is 8.27. The second-order valence-corrected chi connectivity index (χ2v) is 4.54. The third-order valence-corrected chi connectivity index (χ3v) is 2.89. The first-order chi connectivity index (χ1) is 8.08. The monoisotopic (exact) mass is 232 g/mol. The average Bonchev–Trinajstić information content (AvgIpc) is 2.29. The number of hydrogen-bond donors (Lipinski definition) is 1. The molecule has 0 heterocycles. The van der Waals surface area contributed by atoms with E-state index in [4.69, 9.17) is 10.00 Å². The molecular weight excluding hydrogens is 212 g/mol. The lowest BCUT2D eigenvalue weighted by Crippen LogP contribution is -2.17. The molecule has 1 unspecified atom stereocenters. The van der Waals surface area contributed by atoms with Gasteiger partial charge >= 0.3 is 0 Å². The Balaban J connectivity index is 2.64. The first-order valence-electron chi connectivity index (χ1n) is 5.86. The van der Waals surface area contributed by atoms with Crippen molar-refractivity contribution in [3.63, 3.8) is 0 Å². The summed E-state index contributed by atoms with van der Waals surface area (Å²) >= 11 is 0. The molecule has 0 aromatic heterocycles. The van der Waals surface area contributed by atoms with E-state index in [0.717, 1.165) is 17.0 Å². The van der Waals surface area contributed by atoms with Crippen LogP contribution in [-0.4, -0.2) is 13.7 Å². The second kappa shape index (κ2) is 6.15. The van der Waals surface area contributed by atoms with E-state index in [1.165, 1.54) is 0 Å². The summed E-state index contributed by atoms with van der Waals surface area (Å²) in [4.78, 5) is 0. The van der Waals surface area contributed by atoms with Gasteiger partial charge in [-0.3, -0.25) is 0 Å². The van der Waals surface area contributed by atoms with E-state index in [2.05, 4.69) is 25.2 Å². The van der Waals surface area contributed by atoms with Gasteiger partial charge in [0.2, 0.25) is 0 Å². The Hall–Kier alpha value is -1.69. The molecule has 0 spiro atoms. The molecule has 0 aliphatic heterocycles. The Bertz CT molecular complexity index is 407. The molecular formula is C14H20N2O. The van der Waals surface area contributed by atoms with E-state index in [0.29, 0.717) is 12.5 Å². The number of nitrogens with one attached hydrogen (secondary N) is 1. The van der Waals surface area contributed by atoms with Crippen LogP contribution < -0.4 is 10.1 Å². The molecule has 0 aliphatic rings. The van der Waals surface area contributed by atoms with Crippen molar-refractivity contribution in [2.45, 2.75) is 20.8 Å². The molecule has 3 nitrogen and oxygen atoms in total. The first-order valence-corrected chi connectivity index (χ1v) is 5.86. The second-order valence-electron chi connectivity index (χ2n) is 4.54. The predicted molar refractivity (Wildman–Crippen MR) is 70.2 cm³/mol. The fourth-order valence-electron chi connectivity index (χ4n) is 1.65. The van der Waals surface area contributed by atoms with E-state index < -0.39 is 0 Å². The molecule has 17 heavy (non-hydrogen) atoms. The lowest BCUT2D eigenvalue weighted by atomic mass is 9.97. The zero-order valence-corrected chi connectivity index (χ0v) is 10.9. The highest BCUT2D eigenvalue weighted by Crippen LogP contribution is 2.22. The van der Waals surface area contributed by atoms with Crippen LogP contribution in [0.5, 0.6) is 5.75 Å². The van der Waals surface area contributed by atoms with Crippen molar-refractivity contribution in [2.75, 3.05) is 19.0 Å². The number of hydrogen-bond acceptors (Lipinski definition) is 3. The molecule has 92 valence electrons. The third-order valence-electron chi connectivity index (χ3n) is 2.89.